The zero-order valence-electron chi connectivity index (χ0n) is 16.3. The molecule has 1 aliphatic heterocycles. The lowest BCUT2D eigenvalue weighted by atomic mass is 9.90. The number of piperazine rings is 1. The van der Waals surface area contributed by atoms with Crippen molar-refractivity contribution in [1.82, 2.24) is 14.9 Å². The Kier molecular flexibility index (Phi) is 4.62. The number of carbonyl (C=O) groups is 1. The molecule has 1 atom stereocenters. The fourth-order valence-corrected chi connectivity index (χ4v) is 3.60. The highest BCUT2D eigenvalue weighted by Gasteiger charge is 2.27. The van der Waals surface area contributed by atoms with Gasteiger partial charge in [-0.25, -0.2) is 4.98 Å². The molecule has 1 aromatic carbocycles. The predicted molar refractivity (Wildman–Crippen MR) is 104 cm³/mol. The second-order valence-corrected chi connectivity index (χ2v) is 8.26. The van der Waals surface area contributed by atoms with Crippen LogP contribution in [0, 0.1) is 12.3 Å². The number of imidazole rings is 1. The Hall–Kier alpha value is -1.88. The van der Waals surface area contributed by atoms with Crippen molar-refractivity contribution >= 4 is 22.5 Å². The SMILES string of the molecule is CCN1CCN(c2cc3[nH]c(C(=O)C(C)(C)C)nc3cc2C)[C@@H](C)C1. The minimum absolute atomic E-state index is 0.0489. The fourth-order valence-electron chi connectivity index (χ4n) is 3.60. The number of aryl methyl sites for hydroxylation is 1. The third-order valence-corrected chi connectivity index (χ3v) is 5.16. The maximum atomic E-state index is 12.5. The summed E-state index contributed by atoms with van der Waals surface area (Å²) in [6.45, 7) is 16.7. The number of nitrogens with zero attached hydrogens (tertiary/aromatic N) is 3. The summed E-state index contributed by atoms with van der Waals surface area (Å²) in [5.41, 5.74) is 3.84. The van der Waals surface area contributed by atoms with E-state index >= 15 is 0 Å². The van der Waals surface area contributed by atoms with E-state index in [1.54, 1.807) is 0 Å². The first kappa shape index (κ1) is 17.9. The van der Waals surface area contributed by atoms with Crippen LogP contribution in [0.1, 0.15) is 50.8 Å². The van der Waals surface area contributed by atoms with Crippen LogP contribution in [-0.4, -0.2) is 52.9 Å². The van der Waals surface area contributed by atoms with Gasteiger partial charge in [0.2, 0.25) is 5.78 Å². The van der Waals surface area contributed by atoms with Gasteiger partial charge in [-0.05, 0) is 38.1 Å². The number of likely N-dealkylation sites (N-methyl/N-ethyl adjacent to an activating group) is 1. The third-order valence-electron chi connectivity index (χ3n) is 5.16. The Morgan fingerprint density at radius 2 is 2.04 bits per heavy atom. The van der Waals surface area contributed by atoms with Crippen molar-refractivity contribution in [2.75, 3.05) is 31.1 Å². The second-order valence-electron chi connectivity index (χ2n) is 8.26. The molecule has 5 nitrogen and oxygen atoms in total. The lowest BCUT2D eigenvalue weighted by Gasteiger charge is -2.41. The number of nitrogens with one attached hydrogen (secondary N) is 1. The zero-order valence-corrected chi connectivity index (χ0v) is 16.3. The van der Waals surface area contributed by atoms with Crippen molar-refractivity contribution in [1.29, 1.82) is 0 Å². The summed E-state index contributed by atoms with van der Waals surface area (Å²) in [6, 6.07) is 4.73. The van der Waals surface area contributed by atoms with Gasteiger partial charge in [-0.3, -0.25) is 9.69 Å². The molecule has 2 heterocycles. The number of fused-ring (bicyclic) bond motifs is 1. The predicted octanol–water partition coefficient (Wildman–Crippen LogP) is 3.63. The van der Waals surface area contributed by atoms with E-state index in [-0.39, 0.29) is 5.78 Å². The molecule has 1 aliphatic rings. The van der Waals surface area contributed by atoms with Crippen LogP contribution in [0.5, 0.6) is 0 Å². The maximum absolute atomic E-state index is 12.5. The van der Waals surface area contributed by atoms with E-state index < -0.39 is 5.41 Å². The first-order valence-electron chi connectivity index (χ1n) is 9.25. The number of aromatic nitrogens is 2. The van der Waals surface area contributed by atoms with Crippen LogP contribution in [0.3, 0.4) is 0 Å². The molecule has 0 amide bonds. The minimum Gasteiger partial charge on any atom is -0.366 e. The number of benzene rings is 1. The number of ketones is 1. The summed E-state index contributed by atoms with van der Waals surface area (Å²) < 4.78 is 0. The lowest BCUT2D eigenvalue weighted by molar-refractivity contribution is 0.0848. The number of anilines is 1. The van der Waals surface area contributed by atoms with Crippen LogP contribution < -0.4 is 4.90 Å². The number of rotatable bonds is 3. The Morgan fingerprint density at radius 1 is 1.32 bits per heavy atom. The molecule has 25 heavy (non-hydrogen) atoms. The number of aromatic amines is 1. The summed E-state index contributed by atoms with van der Waals surface area (Å²) in [7, 11) is 0. The molecule has 136 valence electrons. The van der Waals surface area contributed by atoms with Crippen LogP contribution in [0.4, 0.5) is 5.69 Å². The van der Waals surface area contributed by atoms with Gasteiger partial charge in [-0.2, -0.15) is 0 Å². The van der Waals surface area contributed by atoms with Gasteiger partial charge in [0.05, 0.1) is 11.0 Å². The number of Topliss-reactive ketones (excluding diaryl/α,β-unsaturated/α-hetero) is 1. The van der Waals surface area contributed by atoms with Gasteiger partial charge in [0.1, 0.15) is 0 Å². The summed E-state index contributed by atoms with van der Waals surface area (Å²) in [6.07, 6.45) is 0. The van der Waals surface area contributed by atoms with Crippen molar-refractivity contribution in [3.05, 3.63) is 23.5 Å². The third kappa shape index (κ3) is 3.43. The van der Waals surface area contributed by atoms with Gasteiger partial charge >= 0.3 is 0 Å². The molecule has 1 N–H and O–H groups in total. The van der Waals surface area contributed by atoms with Gasteiger partial charge < -0.3 is 9.88 Å². The topological polar surface area (TPSA) is 52.2 Å². The molecule has 0 spiro atoms. The molecule has 2 aromatic rings. The van der Waals surface area contributed by atoms with E-state index in [0.717, 1.165) is 37.2 Å². The molecule has 0 bridgehead atoms. The van der Waals surface area contributed by atoms with Gasteiger partial charge in [-0.1, -0.05) is 27.7 Å². The lowest BCUT2D eigenvalue weighted by Crippen LogP contribution is -2.52. The number of H-pyrrole nitrogens is 1. The van der Waals surface area contributed by atoms with E-state index in [0.29, 0.717) is 11.9 Å². The van der Waals surface area contributed by atoms with Gasteiger partial charge in [-0.15, -0.1) is 0 Å². The van der Waals surface area contributed by atoms with Crippen molar-refractivity contribution in [2.45, 2.75) is 47.6 Å². The van der Waals surface area contributed by atoms with Crippen molar-refractivity contribution in [2.24, 2.45) is 5.41 Å². The first-order valence-corrected chi connectivity index (χ1v) is 9.25. The number of carbonyl (C=O) groups excluding carboxylic acids is 1. The average molecular weight is 342 g/mol. The molecule has 0 unspecified atom stereocenters. The Bertz CT molecular complexity index is 787. The average Bonchev–Trinajstić information content (AvgIpc) is 2.95. The minimum atomic E-state index is -0.434. The Balaban J connectivity index is 1.95. The summed E-state index contributed by atoms with van der Waals surface area (Å²) in [4.78, 5) is 25.3. The molecule has 1 aromatic heterocycles. The van der Waals surface area contributed by atoms with Crippen molar-refractivity contribution in [3.8, 4) is 0 Å². The van der Waals surface area contributed by atoms with Crippen LogP contribution in [0.2, 0.25) is 0 Å². The summed E-state index contributed by atoms with van der Waals surface area (Å²) >= 11 is 0. The standard InChI is InChI=1S/C20H30N4O/c1-7-23-8-9-24(14(3)12-23)17-11-16-15(10-13(17)2)21-19(22-16)18(25)20(4,5)6/h10-11,14H,7-9,12H2,1-6H3,(H,21,22)/t14-/m0/s1. The van der Waals surface area contributed by atoms with Crippen LogP contribution in [0.15, 0.2) is 12.1 Å². The fraction of sp³-hybridized carbons (Fsp3) is 0.600. The number of hydrogen-bond acceptors (Lipinski definition) is 4. The quantitative estimate of drug-likeness (QED) is 0.866. The van der Waals surface area contributed by atoms with Crippen molar-refractivity contribution in [3.63, 3.8) is 0 Å². The first-order chi connectivity index (χ1) is 11.7. The van der Waals surface area contributed by atoms with Gasteiger partial charge in [0, 0.05) is 36.8 Å². The van der Waals surface area contributed by atoms with Gasteiger partial charge in [0.15, 0.2) is 5.82 Å². The Morgan fingerprint density at radius 3 is 2.64 bits per heavy atom. The highest BCUT2D eigenvalue weighted by Crippen LogP contribution is 2.29. The zero-order chi connectivity index (χ0) is 18.4. The van der Waals surface area contributed by atoms with Crippen LogP contribution in [-0.2, 0) is 0 Å². The smallest absolute Gasteiger partial charge is 0.203 e. The normalized spacial score (nSPS) is 19.6. The Labute approximate surface area is 150 Å². The van der Waals surface area contributed by atoms with Crippen LogP contribution in [0.25, 0.3) is 11.0 Å². The molecule has 3 rings (SSSR count). The summed E-state index contributed by atoms with van der Waals surface area (Å²) in [5.74, 6) is 0.510. The molecule has 0 saturated carbocycles. The van der Waals surface area contributed by atoms with Crippen LogP contribution >= 0.6 is 0 Å². The van der Waals surface area contributed by atoms with E-state index in [9.17, 15) is 4.79 Å². The van der Waals surface area contributed by atoms with E-state index in [4.69, 9.17) is 0 Å². The van der Waals surface area contributed by atoms with Gasteiger partial charge in [0.25, 0.3) is 0 Å². The molecule has 1 saturated heterocycles. The van der Waals surface area contributed by atoms with E-state index in [1.807, 2.05) is 20.8 Å². The molecular weight excluding hydrogens is 312 g/mol. The summed E-state index contributed by atoms with van der Waals surface area (Å²) in [5, 5.41) is 0. The molecule has 5 heteroatoms. The maximum Gasteiger partial charge on any atom is 0.203 e. The highest BCUT2D eigenvalue weighted by atomic mass is 16.1. The molecule has 0 aliphatic carbocycles. The molecule has 0 radical (unpaired) electrons. The van der Waals surface area contributed by atoms with Crippen molar-refractivity contribution < 1.29 is 4.79 Å². The number of hydrogen-bond donors (Lipinski definition) is 1. The second kappa shape index (κ2) is 6.45. The molecular formula is C20H30N4O. The monoisotopic (exact) mass is 342 g/mol. The van der Waals surface area contributed by atoms with E-state index in [1.165, 1.54) is 11.3 Å². The largest absolute Gasteiger partial charge is 0.366 e. The van der Waals surface area contributed by atoms with E-state index in [2.05, 4.69) is 52.7 Å². The highest BCUT2D eigenvalue weighted by molar-refractivity contribution is 5.99. The molecule has 1 fully saturated rings.